The first-order valence-corrected chi connectivity index (χ1v) is 10.6. The molecule has 1 aliphatic heterocycles. The molecule has 3 rings (SSSR count). The van der Waals surface area contributed by atoms with E-state index in [1.165, 1.54) is 0 Å². The molecule has 1 aliphatic rings. The average Bonchev–Trinajstić information content (AvgIpc) is 2.78. The summed E-state index contributed by atoms with van der Waals surface area (Å²) < 4.78 is 10.9. The number of carbonyl (C=O) groups excluding carboxylic acids is 1. The van der Waals surface area contributed by atoms with E-state index in [9.17, 15) is 4.79 Å². The van der Waals surface area contributed by atoms with Crippen molar-refractivity contribution >= 4 is 34.7 Å². The predicted octanol–water partition coefficient (Wildman–Crippen LogP) is 3.01. The molecule has 0 atom stereocenters. The van der Waals surface area contributed by atoms with Gasteiger partial charge < -0.3 is 19.7 Å². The van der Waals surface area contributed by atoms with E-state index in [4.69, 9.17) is 21.7 Å². The molecule has 0 saturated carbocycles. The summed E-state index contributed by atoms with van der Waals surface area (Å²) in [6.07, 6.45) is 6.47. The minimum Gasteiger partial charge on any atom is -0.478 e. The SMILES string of the molecule is CCCCCOc1ccc(NC(=S)NC(=O)c2ccc(N3CCOCC3)nc2)cn1. The van der Waals surface area contributed by atoms with Crippen molar-refractivity contribution in [2.75, 3.05) is 43.1 Å². The number of hydrogen-bond acceptors (Lipinski definition) is 7. The summed E-state index contributed by atoms with van der Waals surface area (Å²) in [5.74, 6) is 1.08. The van der Waals surface area contributed by atoms with Crippen LogP contribution in [0.15, 0.2) is 36.7 Å². The van der Waals surface area contributed by atoms with Gasteiger partial charge in [0, 0.05) is 25.4 Å². The minimum absolute atomic E-state index is 0.190. The molecule has 0 aromatic carbocycles. The van der Waals surface area contributed by atoms with Crippen LogP contribution in [0.4, 0.5) is 11.5 Å². The van der Waals surface area contributed by atoms with Gasteiger partial charge in [0.1, 0.15) is 5.82 Å². The summed E-state index contributed by atoms with van der Waals surface area (Å²) >= 11 is 5.23. The summed E-state index contributed by atoms with van der Waals surface area (Å²) in [5.41, 5.74) is 1.10. The van der Waals surface area contributed by atoms with E-state index in [-0.39, 0.29) is 11.0 Å². The van der Waals surface area contributed by atoms with Crippen LogP contribution in [0, 0.1) is 0 Å². The Morgan fingerprint density at radius 1 is 1.17 bits per heavy atom. The van der Waals surface area contributed by atoms with Crippen LogP contribution in [0.1, 0.15) is 36.5 Å². The molecule has 0 aliphatic carbocycles. The topological polar surface area (TPSA) is 88.6 Å². The lowest BCUT2D eigenvalue weighted by Crippen LogP contribution is -2.37. The number of ether oxygens (including phenoxy) is 2. The van der Waals surface area contributed by atoms with Gasteiger partial charge in [0.2, 0.25) is 5.88 Å². The molecule has 8 nitrogen and oxygen atoms in total. The molecule has 160 valence electrons. The maximum atomic E-state index is 12.4. The molecule has 2 N–H and O–H groups in total. The Bertz CT molecular complexity index is 824. The predicted molar refractivity (Wildman–Crippen MR) is 120 cm³/mol. The molecule has 9 heteroatoms. The maximum absolute atomic E-state index is 12.4. The van der Waals surface area contributed by atoms with Crippen LogP contribution in [0.3, 0.4) is 0 Å². The number of morpholine rings is 1. The number of rotatable bonds is 8. The van der Waals surface area contributed by atoms with E-state index < -0.39 is 0 Å². The second kappa shape index (κ2) is 11.4. The first-order valence-electron chi connectivity index (χ1n) is 10.2. The average molecular weight is 430 g/mol. The summed E-state index contributed by atoms with van der Waals surface area (Å²) in [4.78, 5) is 23.2. The first-order chi connectivity index (χ1) is 14.7. The van der Waals surface area contributed by atoms with Crippen molar-refractivity contribution in [3.8, 4) is 5.88 Å². The number of carbonyl (C=O) groups is 1. The Hall–Kier alpha value is -2.78. The van der Waals surface area contributed by atoms with Gasteiger partial charge in [0.05, 0.1) is 37.3 Å². The van der Waals surface area contributed by atoms with Gasteiger partial charge in [-0.05, 0) is 36.8 Å². The van der Waals surface area contributed by atoms with E-state index in [1.807, 2.05) is 6.07 Å². The van der Waals surface area contributed by atoms with Gasteiger partial charge in [0.25, 0.3) is 5.91 Å². The largest absolute Gasteiger partial charge is 0.478 e. The van der Waals surface area contributed by atoms with Crippen LogP contribution in [-0.4, -0.2) is 53.9 Å². The summed E-state index contributed by atoms with van der Waals surface area (Å²) in [6.45, 7) is 5.76. The van der Waals surface area contributed by atoms with E-state index in [0.29, 0.717) is 37.0 Å². The van der Waals surface area contributed by atoms with E-state index in [1.54, 1.807) is 30.6 Å². The number of unbranched alkanes of at least 4 members (excludes halogenated alkanes) is 2. The number of pyridine rings is 2. The smallest absolute Gasteiger partial charge is 0.258 e. The number of nitrogens with zero attached hydrogens (tertiary/aromatic N) is 3. The van der Waals surface area contributed by atoms with Gasteiger partial charge in [-0.25, -0.2) is 9.97 Å². The van der Waals surface area contributed by atoms with Crippen molar-refractivity contribution in [1.82, 2.24) is 15.3 Å². The lowest BCUT2D eigenvalue weighted by atomic mass is 10.2. The highest BCUT2D eigenvalue weighted by atomic mass is 32.1. The third kappa shape index (κ3) is 6.64. The zero-order valence-electron chi connectivity index (χ0n) is 17.1. The third-order valence-corrected chi connectivity index (χ3v) is 4.77. The first kappa shape index (κ1) is 21.9. The van der Waals surface area contributed by atoms with E-state index in [2.05, 4.69) is 32.4 Å². The van der Waals surface area contributed by atoms with Crippen molar-refractivity contribution in [2.45, 2.75) is 26.2 Å². The van der Waals surface area contributed by atoms with Gasteiger partial charge in [-0.2, -0.15) is 0 Å². The van der Waals surface area contributed by atoms with Crippen molar-refractivity contribution in [1.29, 1.82) is 0 Å². The molecular formula is C21H27N5O3S. The molecule has 1 amide bonds. The van der Waals surface area contributed by atoms with Gasteiger partial charge >= 0.3 is 0 Å². The molecule has 2 aromatic heterocycles. The Kier molecular flexibility index (Phi) is 8.34. The molecule has 1 saturated heterocycles. The van der Waals surface area contributed by atoms with Crippen molar-refractivity contribution in [3.05, 3.63) is 42.2 Å². The Morgan fingerprint density at radius 3 is 2.67 bits per heavy atom. The molecule has 0 radical (unpaired) electrons. The normalized spacial score (nSPS) is 13.6. The maximum Gasteiger partial charge on any atom is 0.258 e. The third-order valence-electron chi connectivity index (χ3n) is 4.56. The van der Waals surface area contributed by atoms with Gasteiger partial charge in [-0.1, -0.05) is 19.8 Å². The monoisotopic (exact) mass is 429 g/mol. The van der Waals surface area contributed by atoms with Crippen molar-refractivity contribution in [2.24, 2.45) is 0 Å². The number of anilines is 2. The Balaban J connectivity index is 1.46. The van der Waals surface area contributed by atoms with Crippen LogP contribution in [0.5, 0.6) is 5.88 Å². The number of nitrogens with one attached hydrogen (secondary N) is 2. The van der Waals surface area contributed by atoms with Crippen molar-refractivity contribution in [3.63, 3.8) is 0 Å². The summed E-state index contributed by atoms with van der Waals surface area (Å²) in [5, 5.41) is 5.79. The lowest BCUT2D eigenvalue weighted by molar-refractivity contribution is 0.0977. The second-order valence-electron chi connectivity index (χ2n) is 6.85. The molecule has 2 aromatic rings. The fourth-order valence-electron chi connectivity index (χ4n) is 2.91. The summed E-state index contributed by atoms with van der Waals surface area (Å²) in [6, 6.07) is 7.15. The Morgan fingerprint density at radius 2 is 2.00 bits per heavy atom. The lowest BCUT2D eigenvalue weighted by Gasteiger charge is -2.27. The van der Waals surface area contributed by atoms with Crippen LogP contribution < -0.4 is 20.3 Å². The van der Waals surface area contributed by atoms with Crippen LogP contribution in [-0.2, 0) is 4.74 Å². The van der Waals surface area contributed by atoms with Gasteiger partial charge in [0.15, 0.2) is 5.11 Å². The molecule has 0 bridgehead atoms. The minimum atomic E-state index is -0.322. The Labute approximate surface area is 182 Å². The van der Waals surface area contributed by atoms with Gasteiger partial charge in [-0.3, -0.25) is 10.1 Å². The molecule has 3 heterocycles. The summed E-state index contributed by atoms with van der Waals surface area (Å²) in [7, 11) is 0. The number of amides is 1. The molecule has 30 heavy (non-hydrogen) atoms. The van der Waals surface area contributed by atoms with E-state index >= 15 is 0 Å². The van der Waals surface area contributed by atoms with E-state index in [0.717, 1.165) is 38.2 Å². The second-order valence-corrected chi connectivity index (χ2v) is 7.26. The molecule has 0 unspecified atom stereocenters. The van der Waals surface area contributed by atoms with Crippen molar-refractivity contribution < 1.29 is 14.3 Å². The standard InChI is InChI=1S/C21H27N5O3S/c1-2-3-4-11-29-19-8-6-17(15-23-19)24-21(30)25-20(27)16-5-7-18(22-14-16)26-9-12-28-13-10-26/h5-8,14-15H,2-4,9-13H2,1H3,(H2,24,25,27,30). The highest BCUT2D eigenvalue weighted by Crippen LogP contribution is 2.14. The zero-order chi connectivity index (χ0) is 21.2. The number of thiocarbonyl (C=S) groups is 1. The van der Waals surface area contributed by atoms with Gasteiger partial charge in [-0.15, -0.1) is 0 Å². The van der Waals surface area contributed by atoms with Crippen LogP contribution >= 0.6 is 12.2 Å². The zero-order valence-corrected chi connectivity index (χ0v) is 17.9. The van der Waals surface area contributed by atoms with Crippen LogP contribution in [0.2, 0.25) is 0 Å². The highest BCUT2D eigenvalue weighted by Gasteiger charge is 2.14. The fraction of sp³-hybridized carbons (Fsp3) is 0.429. The fourth-order valence-corrected chi connectivity index (χ4v) is 3.12. The molecule has 0 spiro atoms. The molecular weight excluding hydrogens is 402 g/mol. The number of hydrogen-bond donors (Lipinski definition) is 2. The quantitative estimate of drug-likeness (QED) is 0.489. The highest BCUT2D eigenvalue weighted by molar-refractivity contribution is 7.80. The molecule has 1 fully saturated rings. The number of aromatic nitrogens is 2. The van der Waals surface area contributed by atoms with Crippen LogP contribution in [0.25, 0.3) is 0 Å².